The Hall–Kier alpha value is -4.98. The lowest BCUT2D eigenvalue weighted by Crippen LogP contribution is -2.19. The Labute approximate surface area is 230 Å². The van der Waals surface area contributed by atoms with Crippen LogP contribution in [0.25, 0.3) is 56.0 Å². The number of fused-ring (bicyclic) bond motifs is 4. The molecule has 0 radical (unpaired) electrons. The first kappa shape index (κ1) is 24.1. The van der Waals surface area contributed by atoms with Crippen LogP contribution in [0.3, 0.4) is 0 Å². The molecule has 0 atom stereocenters. The molecule has 0 bridgehead atoms. The molecule has 8 heteroatoms. The van der Waals surface area contributed by atoms with E-state index in [-0.39, 0.29) is 5.69 Å². The Kier molecular flexibility index (Phi) is 6.00. The fraction of sp³-hybridized carbons (Fsp3) is 0.188. The molecule has 0 fully saturated rings. The van der Waals surface area contributed by atoms with E-state index in [4.69, 9.17) is 4.42 Å². The predicted molar refractivity (Wildman–Crippen MR) is 157 cm³/mol. The zero-order chi connectivity index (χ0) is 27.1. The molecule has 0 aliphatic rings. The largest absolute Gasteiger partial charge is 0.416 e. The van der Waals surface area contributed by atoms with Crippen molar-refractivity contribution in [2.24, 2.45) is 0 Å². The van der Waals surface area contributed by atoms with Crippen LogP contribution >= 0.6 is 0 Å². The van der Waals surface area contributed by atoms with Gasteiger partial charge in [-0.3, -0.25) is 0 Å². The quantitative estimate of drug-likeness (QED) is 0.201. The molecule has 0 saturated carbocycles. The molecule has 0 N–H and O–H groups in total. The highest BCUT2D eigenvalue weighted by molar-refractivity contribution is 6.08. The van der Waals surface area contributed by atoms with E-state index in [2.05, 4.69) is 63.2 Å². The fourth-order valence-electron chi connectivity index (χ4n) is 5.42. The van der Waals surface area contributed by atoms with E-state index in [9.17, 15) is 4.79 Å². The van der Waals surface area contributed by atoms with E-state index in [1.54, 1.807) is 18.3 Å². The Morgan fingerprint density at radius 3 is 2.33 bits per heavy atom. The van der Waals surface area contributed by atoms with Crippen molar-refractivity contribution in [3.63, 3.8) is 0 Å². The van der Waals surface area contributed by atoms with Crippen molar-refractivity contribution < 1.29 is 4.42 Å². The maximum atomic E-state index is 12.9. The van der Waals surface area contributed by atoms with Crippen LogP contribution in [0.1, 0.15) is 32.6 Å². The molecule has 3 aromatic carbocycles. The van der Waals surface area contributed by atoms with Crippen molar-refractivity contribution in [2.45, 2.75) is 39.2 Å². The molecular formula is C32H28N6O2. The second kappa shape index (κ2) is 9.96. The molecule has 8 nitrogen and oxygen atoms in total. The Morgan fingerprint density at radius 2 is 1.50 bits per heavy atom. The zero-order valence-electron chi connectivity index (χ0n) is 22.2. The molecule has 4 aromatic heterocycles. The first-order valence-corrected chi connectivity index (χ1v) is 13.7. The second-order valence-electron chi connectivity index (χ2n) is 10.0. The van der Waals surface area contributed by atoms with E-state index in [1.807, 2.05) is 36.4 Å². The number of para-hydroxylation sites is 2. The molecule has 40 heavy (non-hydrogen) atoms. The van der Waals surface area contributed by atoms with Gasteiger partial charge in [0.15, 0.2) is 5.65 Å². The van der Waals surface area contributed by atoms with Crippen molar-refractivity contribution in [3.8, 4) is 28.6 Å². The van der Waals surface area contributed by atoms with Crippen LogP contribution in [0.2, 0.25) is 0 Å². The molecule has 198 valence electrons. The highest BCUT2D eigenvalue weighted by Gasteiger charge is 2.16. The molecule has 0 unspecified atom stereocenters. The van der Waals surface area contributed by atoms with Crippen molar-refractivity contribution in [1.82, 2.24) is 28.9 Å². The third-order valence-electron chi connectivity index (χ3n) is 7.45. The van der Waals surface area contributed by atoms with Gasteiger partial charge in [-0.05, 0) is 48.9 Å². The van der Waals surface area contributed by atoms with Crippen LogP contribution < -0.4 is 5.69 Å². The van der Waals surface area contributed by atoms with E-state index in [1.165, 1.54) is 50.2 Å². The minimum Gasteiger partial charge on any atom is -0.416 e. The van der Waals surface area contributed by atoms with Crippen LogP contribution in [0.4, 0.5) is 0 Å². The molecule has 0 amide bonds. The zero-order valence-corrected chi connectivity index (χ0v) is 22.2. The van der Waals surface area contributed by atoms with Gasteiger partial charge in [0.1, 0.15) is 0 Å². The summed E-state index contributed by atoms with van der Waals surface area (Å²) in [5.74, 6) is 0.825. The van der Waals surface area contributed by atoms with Gasteiger partial charge in [-0.2, -0.15) is 4.68 Å². The second-order valence-corrected chi connectivity index (χ2v) is 10.0. The highest BCUT2D eigenvalue weighted by atomic mass is 16.4. The number of rotatable bonds is 8. The van der Waals surface area contributed by atoms with E-state index < -0.39 is 0 Å². The van der Waals surface area contributed by atoms with Gasteiger partial charge >= 0.3 is 5.69 Å². The smallest absolute Gasteiger partial charge is 0.355 e. The lowest BCUT2D eigenvalue weighted by molar-refractivity contribution is 0.584. The summed E-state index contributed by atoms with van der Waals surface area (Å²) in [7, 11) is 0. The summed E-state index contributed by atoms with van der Waals surface area (Å²) in [5.41, 5.74) is 4.95. The van der Waals surface area contributed by atoms with E-state index >= 15 is 0 Å². The summed E-state index contributed by atoms with van der Waals surface area (Å²) in [6, 6.07) is 27.8. The summed E-state index contributed by atoms with van der Waals surface area (Å²) in [4.78, 5) is 12.9. The van der Waals surface area contributed by atoms with Gasteiger partial charge < -0.3 is 8.98 Å². The summed E-state index contributed by atoms with van der Waals surface area (Å²) >= 11 is 0. The number of unbranched alkanes of at least 4 members (excludes halogenated alkanes) is 3. The maximum Gasteiger partial charge on any atom is 0.355 e. The number of aryl methyl sites for hydroxylation is 1. The molecular weight excluding hydrogens is 500 g/mol. The van der Waals surface area contributed by atoms with Gasteiger partial charge in [0.2, 0.25) is 11.8 Å². The van der Waals surface area contributed by atoms with Gasteiger partial charge in [0.05, 0.1) is 5.69 Å². The van der Waals surface area contributed by atoms with Gasteiger partial charge in [-0.1, -0.05) is 68.7 Å². The summed E-state index contributed by atoms with van der Waals surface area (Å²) < 4.78 is 11.4. The summed E-state index contributed by atoms with van der Waals surface area (Å²) in [6.07, 6.45) is 6.52. The van der Waals surface area contributed by atoms with Crippen LogP contribution in [0.5, 0.6) is 0 Å². The van der Waals surface area contributed by atoms with Gasteiger partial charge in [0, 0.05) is 45.7 Å². The lowest BCUT2D eigenvalue weighted by atomic mass is 10.1. The van der Waals surface area contributed by atoms with Gasteiger partial charge in [0.25, 0.3) is 0 Å². The van der Waals surface area contributed by atoms with E-state index in [0.717, 1.165) is 18.5 Å². The van der Waals surface area contributed by atoms with Gasteiger partial charge in [-0.15, -0.1) is 15.3 Å². The fourth-order valence-corrected chi connectivity index (χ4v) is 5.42. The molecule has 0 spiro atoms. The molecule has 4 heterocycles. The number of aromatic nitrogens is 6. The van der Waals surface area contributed by atoms with Crippen LogP contribution in [-0.2, 0) is 6.54 Å². The molecule has 0 aliphatic carbocycles. The average molecular weight is 529 g/mol. The average Bonchev–Trinajstić information content (AvgIpc) is 3.70. The monoisotopic (exact) mass is 528 g/mol. The maximum absolute atomic E-state index is 12.9. The van der Waals surface area contributed by atoms with Crippen molar-refractivity contribution >= 4 is 27.5 Å². The third kappa shape index (κ3) is 4.09. The predicted octanol–water partition coefficient (Wildman–Crippen LogP) is 6.89. The third-order valence-corrected chi connectivity index (χ3v) is 7.45. The molecule has 0 aliphatic heterocycles. The standard InChI is InChI=1S/C32H28N6O2/c1-2-3-4-10-18-36-27-14-9-8-13-25(27)26-16-15-22(20-28(26)36)30-33-34-31(40-30)23-17-19-37-29(21-23)35-38(32(37)39)24-11-6-5-7-12-24/h5-9,11-17,19-21H,2-4,10,18H2,1H3. The van der Waals surface area contributed by atoms with Crippen LogP contribution in [0, 0.1) is 0 Å². The Bertz CT molecular complexity index is 2030. The topological polar surface area (TPSA) is 83.2 Å². The Morgan fingerprint density at radius 1 is 0.750 bits per heavy atom. The van der Waals surface area contributed by atoms with E-state index in [0.29, 0.717) is 28.7 Å². The number of benzene rings is 3. The first-order chi connectivity index (χ1) is 19.7. The molecule has 7 rings (SSSR count). The number of hydrogen-bond acceptors (Lipinski definition) is 5. The Balaban J connectivity index is 1.25. The first-order valence-electron chi connectivity index (χ1n) is 13.7. The van der Waals surface area contributed by atoms with Crippen molar-refractivity contribution in [1.29, 1.82) is 0 Å². The van der Waals surface area contributed by atoms with Crippen molar-refractivity contribution in [2.75, 3.05) is 0 Å². The lowest BCUT2D eigenvalue weighted by Gasteiger charge is -2.08. The molecule has 0 saturated heterocycles. The minimum atomic E-state index is -0.239. The highest BCUT2D eigenvalue weighted by Crippen LogP contribution is 2.33. The normalized spacial score (nSPS) is 11.7. The SMILES string of the molecule is CCCCCCn1c2ccccc2c2ccc(-c3nnc(-c4ccn5c(=O)n(-c6ccccc6)nc5c4)o3)cc21. The van der Waals surface area contributed by atoms with Crippen LogP contribution in [-0.4, -0.2) is 28.9 Å². The summed E-state index contributed by atoms with van der Waals surface area (Å²) in [6.45, 7) is 3.21. The summed E-state index contributed by atoms with van der Waals surface area (Å²) in [5, 5.41) is 15.7. The number of pyridine rings is 1. The minimum absolute atomic E-state index is 0.239. The van der Waals surface area contributed by atoms with Crippen LogP contribution in [0.15, 0.2) is 100 Å². The number of nitrogens with zero attached hydrogens (tertiary/aromatic N) is 6. The molecule has 7 aromatic rings. The number of hydrogen-bond donors (Lipinski definition) is 0. The van der Waals surface area contributed by atoms with Crippen molar-refractivity contribution in [3.05, 3.63) is 102 Å². The van der Waals surface area contributed by atoms with Gasteiger partial charge in [-0.25, -0.2) is 9.20 Å².